The lowest BCUT2D eigenvalue weighted by atomic mass is 10.0. The number of para-hydroxylation sites is 1. The molecule has 2 aromatic carbocycles. The van der Waals surface area contributed by atoms with Gasteiger partial charge in [0.25, 0.3) is 0 Å². The molecule has 1 aliphatic rings. The van der Waals surface area contributed by atoms with E-state index < -0.39 is 0 Å². The first-order valence-corrected chi connectivity index (χ1v) is 8.41. The number of likely N-dealkylation sites (N-methyl/N-ethyl adjacent to an activating group) is 1. The van der Waals surface area contributed by atoms with Crippen LogP contribution in [-0.4, -0.2) is 25.0 Å². The van der Waals surface area contributed by atoms with Gasteiger partial charge in [-0.15, -0.1) is 0 Å². The lowest BCUT2D eigenvalue weighted by Crippen LogP contribution is -2.28. The largest absolute Gasteiger partial charge is 0.361 e. The highest BCUT2D eigenvalue weighted by molar-refractivity contribution is 6.32. The first kappa shape index (κ1) is 16.6. The molecule has 0 unspecified atom stereocenters. The van der Waals surface area contributed by atoms with Gasteiger partial charge in [0.2, 0.25) is 0 Å². The average molecular weight is 337 g/mol. The third-order valence-electron chi connectivity index (χ3n) is 3.91. The third kappa shape index (κ3) is 4.38. The van der Waals surface area contributed by atoms with Crippen LogP contribution in [0.3, 0.4) is 0 Å². The van der Waals surface area contributed by atoms with Gasteiger partial charge in [-0.3, -0.25) is 4.90 Å². The van der Waals surface area contributed by atoms with Crippen molar-refractivity contribution in [2.75, 3.05) is 25.5 Å². The maximum atomic E-state index is 6.64. The van der Waals surface area contributed by atoms with Crippen molar-refractivity contribution < 1.29 is 0 Å². The second-order valence-corrected chi connectivity index (χ2v) is 6.31. The van der Waals surface area contributed by atoms with E-state index in [0.717, 1.165) is 35.0 Å². The van der Waals surface area contributed by atoms with Crippen LogP contribution in [0.15, 0.2) is 89.1 Å². The number of benzene rings is 2. The van der Waals surface area contributed by atoms with E-state index in [1.807, 2.05) is 54.7 Å². The van der Waals surface area contributed by atoms with E-state index in [4.69, 9.17) is 11.6 Å². The zero-order chi connectivity index (χ0) is 16.8. The molecule has 0 radical (unpaired) electrons. The van der Waals surface area contributed by atoms with Crippen molar-refractivity contribution in [3.8, 4) is 0 Å². The Morgan fingerprint density at radius 1 is 0.917 bits per heavy atom. The molecule has 0 atom stereocenters. The lowest BCUT2D eigenvalue weighted by Gasteiger charge is -2.26. The summed E-state index contributed by atoms with van der Waals surface area (Å²) in [6, 6.07) is 20.4. The summed E-state index contributed by atoms with van der Waals surface area (Å²) in [5.41, 5.74) is 4.47. The minimum absolute atomic E-state index is 0.835. The summed E-state index contributed by atoms with van der Waals surface area (Å²) in [6.45, 7) is 1.69. The molecule has 0 fully saturated rings. The van der Waals surface area contributed by atoms with Crippen molar-refractivity contribution in [1.82, 2.24) is 4.90 Å². The summed E-state index contributed by atoms with van der Waals surface area (Å²) < 4.78 is 0. The summed E-state index contributed by atoms with van der Waals surface area (Å²) >= 11 is 6.64. The lowest BCUT2D eigenvalue weighted by molar-refractivity contribution is 0.388. The molecule has 0 saturated heterocycles. The Kier molecular flexibility index (Phi) is 5.52. The number of nitrogens with zero attached hydrogens (tertiary/aromatic N) is 1. The quantitative estimate of drug-likeness (QED) is 0.832. The second-order valence-electron chi connectivity index (χ2n) is 5.94. The molecule has 1 N–H and O–H groups in total. The Balaban J connectivity index is 1.81. The number of halogens is 1. The molecule has 0 aromatic heterocycles. The molecule has 0 spiro atoms. The third-order valence-corrected chi connectivity index (χ3v) is 4.39. The van der Waals surface area contributed by atoms with Crippen LogP contribution in [0.2, 0.25) is 0 Å². The predicted molar refractivity (Wildman–Crippen MR) is 104 cm³/mol. The van der Waals surface area contributed by atoms with Crippen LogP contribution in [0, 0.1) is 0 Å². The SMILES string of the molecule is CN1CC(/C=C/c2ccccc2)=C(Cl)C(=C/Nc2ccccc2)/C1. The van der Waals surface area contributed by atoms with E-state index in [1.165, 1.54) is 5.56 Å². The molecule has 0 aliphatic carbocycles. The Labute approximate surface area is 148 Å². The monoisotopic (exact) mass is 336 g/mol. The van der Waals surface area contributed by atoms with Crippen molar-refractivity contribution in [1.29, 1.82) is 0 Å². The predicted octanol–water partition coefficient (Wildman–Crippen LogP) is 5.13. The molecule has 0 bridgehead atoms. The van der Waals surface area contributed by atoms with Crippen LogP contribution >= 0.6 is 11.6 Å². The number of hydrogen-bond donors (Lipinski definition) is 1. The first-order chi connectivity index (χ1) is 11.7. The van der Waals surface area contributed by atoms with Gasteiger partial charge in [0.1, 0.15) is 0 Å². The smallest absolute Gasteiger partial charge is 0.0510 e. The Hall–Kier alpha value is -2.29. The van der Waals surface area contributed by atoms with Gasteiger partial charge in [0, 0.05) is 30.5 Å². The highest BCUT2D eigenvalue weighted by Crippen LogP contribution is 2.27. The van der Waals surface area contributed by atoms with Crippen molar-refractivity contribution in [3.63, 3.8) is 0 Å². The van der Waals surface area contributed by atoms with Crippen molar-refractivity contribution in [2.45, 2.75) is 0 Å². The van der Waals surface area contributed by atoms with Crippen molar-refractivity contribution >= 4 is 23.4 Å². The maximum Gasteiger partial charge on any atom is 0.0510 e. The molecule has 3 heteroatoms. The summed E-state index contributed by atoms with van der Waals surface area (Å²) in [5.74, 6) is 0. The second kappa shape index (κ2) is 8.00. The van der Waals surface area contributed by atoms with E-state index in [2.05, 4.69) is 41.5 Å². The van der Waals surface area contributed by atoms with E-state index in [-0.39, 0.29) is 0 Å². The Morgan fingerprint density at radius 3 is 2.29 bits per heavy atom. The number of nitrogens with one attached hydrogen (secondary N) is 1. The minimum atomic E-state index is 0.835. The fourth-order valence-corrected chi connectivity index (χ4v) is 2.92. The summed E-state index contributed by atoms with van der Waals surface area (Å²) in [4.78, 5) is 2.26. The minimum Gasteiger partial charge on any atom is -0.361 e. The molecule has 0 amide bonds. The number of anilines is 1. The molecule has 1 aliphatic heterocycles. The standard InChI is InChI=1S/C21H21ClN2/c1-24-15-18(13-12-17-8-4-2-5-9-17)21(22)19(16-24)14-23-20-10-6-3-7-11-20/h2-14,23H,15-16H2,1H3/b13-12+,19-14+. The molecule has 2 aromatic rings. The molecule has 3 rings (SSSR count). The van der Waals surface area contributed by atoms with E-state index >= 15 is 0 Å². The van der Waals surface area contributed by atoms with Crippen LogP contribution in [0.1, 0.15) is 5.56 Å². The van der Waals surface area contributed by atoms with Gasteiger partial charge in [0.05, 0.1) is 5.03 Å². The van der Waals surface area contributed by atoms with Crippen LogP contribution in [0.25, 0.3) is 6.08 Å². The topological polar surface area (TPSA) is 15.3 Å². The molecule has 2 nitrogen and oxygen atoms in total. The van der Waals surface area contributed by atoms with E-state index in [1.54, 1.807) is 0 Å². The van der Waals surface area contributed by atoms with E-state index in [9.17, 15) is 0 Å². The normalized spacial score (nSPS) is 17.7. The fourth-order valence-electron chi connectivity index (χ4n) is 2.68. The van der Waals surface area contributed by atoms with Gasteiger partial charge in [-0.25, -0.2) is 0 Å². The summed E-state index contributed by atoms with van der Waals surface area (Å²) in [5, 5.41) is 4.17. The fraction of sp³-hybridized carbons (Fsp3) is 0.143. The Bertz CT molecular complexity index is 761. The highest BCUT2D eigenvalue weighted by atomic mass is 35.5. The first-order valence-electron chi connectivity index (χ1n) is 8.04. The number of hydrogen-bond acceptors (Lipinski definition) is 2. The average Bonchev–Trinajstić information content (AvgIpc) is 2.62. The maximum absolute atomic E-state index is 6.64. The molecule has 122 valence electrons. The van der Waals surface area contributed by atoms with Gasteiger partial charge in [-0.2, -0.15) is 0 Å². The van der Waals surface area contributed by atoms with Gasteiger partial charge >= 0.3 is 0 Å². The molecular formula is C21H21ClN2. The van der Waals surface area contributed by atoms with Crippen LogP contribution in [-0.2, 0) is 0 Å². The van der Waals surface area contributed by atoms with Crippen molar-refractivity contribution in [3.05, 3.63) is 94.7 Å². The van der Waals surface area contributed by atoms with Crippen molar-refractivity contribution in [2.24, 2.45) is 0 Å². The van der Waals surface area contributed by atoms with Crippen LogP contribution in [0.4, 0.5) is 5.69 Å². The van der Waals surface area contributed by atoms with Crippen LogP contribution < -0.4 is 5.32 Å². The molecule has 0 saturated carbocycles. The Morgan fingerprint density at radius 2 is 1.58 bits per heavy atom. The number of rotatable bonds is 4. The summed E-state index contributed by atoms with van der Waals surface area (Å²) in [7, 11) is 2.11. The van der Waals surface area contributed by atoms with Gasteiger partial charge in [-0.1, -0.05) is 72.3 Å². The molecular weight excluding hydrogens is 316 g/mol. The van der Waals surface area contributed by atoms with E-state index in [0.29, 0.717) is 0 Å². The van der Waals surface area contributed by atoms with Gasteiger partial charge in [0.15, 0.2) is 0 Å². The summed E-state index contributed by atoms with van der Waals surface area (Å²) in [6.07, 6.45) is 6.23. The molecule has 24 heavy (non-hydrogen) atoms. The van der Waals surface area contributed by atoms with Gasteiger partial charge in [-0.05, 0) is 30.3 Å². The zero-order valence-electron chi connectivity index (χ0n) is 13.7. The highest BCUT2D eigenvalue weighted by Gasteiger charge is 2.17. The molecule has 1 heterocycles. The zero-order valence-corrected chi connectivity index (χ0v) is 14.5. The van der Waals surface area contributed by atoms with Gasteiger partial charge < -0.3 is 5.32 Å². The van der Waals surface area contributed by atoms with Crippen LogP contribution in [0.5, 0.6) is 0 Å².